The van der Waals surface area contributed by atoms with Gasteiger partial charge in [-0.25, -0.2) is 0 Å². The number of methoxy groups -OCH3 is 1. The van der Waals surface area contributed by atoms with Crippen LogP contribution in [0.25, 0.3) is 0 Å². The minimum Gasteiger partial charge on any atom is -0.496 e. The van der Waals surface area contributed by atoms with Crippen LogP contribution in [0, 0.1) is 6.92 Å². The molecule has 0 saturated carbocycles. The number of rotatable bonds is 3. The zero-order valence-electron chi connectivity index (χ0n) is 13.7. The molecule has 1 atom stereocenters. The highest BCUT2D eigenvalue weighted by atomic mass is 16.5. The van der Waals surface area contributed by atoms with Gasteiger partial charge in [-0.2, -0.15) is 5.10 Å². The van der Waals surface area contributed by atoms with Crippen molar-refractivity contribution in [1.82, 2.24) is 20.0 Å². The number of hydrogen-bond donors (Lipinski definition) is 1. The van der Waals surface area contributed by atoms with Gasteiger partial charge in [0, 0.05) is 37.9 Å². The Morgan fingerprint density at radius 1 is 1.39 bits per heavy atom. The summed E-state index contributed by atoms with van der Waals surface area (Å²) in [5, 5.41) is 7.56. The highest BCUT2D eigenvalue weighted by Gasteiger charge is 2.31. The van der Waals surface area contributed by atoms with Gasteiger partial charge in [0.1, 0.15) is 5.75 Å². The number of para-hydroxylation sites is 1. The second-order valence-corrected chi connectivity index (χ2v) is 5.73. The van der Waals surface area contributed by atoms with E-state index in [0.717, 1.165) is 23.6 Å². The number of benzene rings is 1. The Morgan fingerprint density at radius 3 is 2.87 bits per heavy atom. The van der Waals surface area contributed by atoms with Gasteiger partial charge < -0.3 is 15.0 Å². The first-order valence-corrected chi connectivity index (χ1v) is 7.76. The summed E-state index contributed by atoms with van der Waals surface area (Å²) in [6.45, 7) is 4.08. The molecule has 23 heavy (non-hydrogen) atoms. The van der Waals surface area contributed by atoms with Crippen molar-refractivity contribution >= 4 is 5.91 Å². The zero-order valence-corrected chi connectivity index (χ0v) is 13.7. The number of aryl methyl sites for hydroxylation is 1. The molecule has 122 valence electrons. The van der Waals surface area contributed by atoms with Crippen LogP contribution < -0.4 is 10.1 Å². The molecule has 1 aromatic heterocycles. The molecular formula is C17H22N4O2. The van der Waals surface area contributed by atoms with Gasteiger partial charge >= 0.3 is 0 Å². The Morgan fingerprint density at radius 2 is 2.17 bits per heavy atom. The second-order valence-electron chi connectivity index (χ2n) is 5.73. The fraction of sp³-hybridized carbons (Fsp3) is 0.412. The quantitative estimate of drug-likeness (QED) is 0.933. The van der Waals surface area contributed by atoms with Gasteiger partial charge in [-0.1, -0.05) is 18.2 Å². The number of aromatic nitrogens is 2. The van der Waals surface area contributed by atoms with E-state index in [9.17, 15) is 4.79 Å². The van der Waals surface area contributed by atoms with Crippen molar-refractivity contribution in [3.63, 3.8) is 0 Å². The summed E-state index contributed by atoms with van der Waals surface area (Å²) >= 11 is 0. The monoisotopic (exact) mass is 314 g/mol. The summed E-state index contributed by atoms with van der Waals surface area (Å²) in [4.78, 5) is 14.9. The molecule has 6 heteroatoms. The van der Waals surface area contributed by atoms with Gasteiger partial charge in [-0.05, 0) is 13.0 Å². The third kappa shape index (κ3) is 2.82. The average Bonchev–Trinajstić information content (AvgIpc) is 2.93. The van der Waals surface area contributed by atoms with E-state index < -0.39 is 0 Å². The molecule has 0 spiro atoms. The van der Waals surface area contributed by atoms with Gasteiger partial charge in [0.15, 0.2) is 0 Å². The molecule has 1 unspecified atom stereocenters. The lowest BCUT2D eigenvalue weighted by Gasteiger charge is -2.37. The Labute approximate surface area is 136 Å². The predicted octanol–water partition coefficient (Wildman–Crippen LogP) is 1.52. The van der Waals surface area contributed by atoms with Crippen LogP contribution in [0.15, 0.2) is 30.5 Å². The van der Waals surface area contributed by atoms with Crippen LogP contribution in [-0.2, 0) is 7.05 Å². The number of nitrogens with zero attached hydrogens (tertiary/aromatic N) is 3. The van der Waals surface area contributed by atoms with Crippen LogP contribution in [0.3, 0.4) is 0 Å². The van der Waals surface area contributed by atoms with E-state index >= 15 is 0 Å². The van der Waals surface area contributed by atoms with Crippen molar-refractivity contribution in [2.75, 3.05) is 26.7 Å². The molecular weight excluding hydrogens is 292 g/mol. The lowest BCUT2D eigenvalue weighted by Crippen LogP contribution is -2.48. The van der Waals surface area contributed by atoms with E-state index in [2.05, 4.69) is 10.4 Å². The number of carbonyl (C=O) groups excluding carboxylic acids is 1. The molecule has 1 aliphatic rings. The van der Waals surface area contributed by atoms with Crippen molar-refractivity contribution in [1.29, 1.82) is 0 Å². The summed E-state index contributed by atoms with van der Waals surface area (Å²) in [7, 11) is 3.51. The van der Waals surface area contributed by atoms with Crippen molar-refractivity contribution in [3.8, 4) is 5.75 Å². The fourth-order valence-electron chi connectivity index (χ4n) is 3.03. The predicted molar refractivity (Wildman–Crippen MR) is 87.6 cm³/mol. The average molecular weight is 314 g/mol. The van der Waals surface area contributed by atoms with Gasteiger partial charge in [0.2, 0.25) is 0 Å². The molecule has 0 aliphatic carbocycles. The molecule has 1 N–H and O–H groups in total. The second kappa shape index (κ2) is 6.42. The highest BCUT2D eigenvalue weighted by molar-refractivity contribution is 5.95. The molecule has 2 heterocycles. The van der Waals surface area contributed by atoms with Crippen molar-refractivity contribution in [2.45, 2.75) is 13.0 Å². The Kier molecular flexibility index (Phi) is 4.34. The first kappa shape index (κ1) is 15.6. The SMILES string of the molecule is COc1ccccc1C1CNCCN1C(=O)c1cnn(C)c1C. The largest absolute Gasteiger partial charge is 0.496 e. The van der Waals surface area contributed by atoms with Gasteiger partial charge in [-0.15, -0.1) is 0 Å². The molecule has 1 aliphatic heterocycles. The number of nitrogens with one attached hydrogen (secondary N) is 1. The Bertz CT molecular complexity index is 710. The Balaban J connectivity index is 1.96. The van der Waals surface area contributed by atoms with E-state index in [0.29, 0.717) is 18.7 Å². The maximum Gasteiger partial charge on any atom is 0.257 e. The molecule has 2 aromatic rings. The van der Waals surface area contributed by atoms with Crippen LogP contribution in [0.1, 0.15) is 27.7 Å². The topological polar surface area (TPSA) is 59.4 Å². The lowest BCUT2D eigenvalue weighted by molar-refractivity contribution is 0.0631. The molecule has 3 rings (SSSR count). The summed E-state index contributed by atoms with van der Waals surface area (Å²) < 4.78 is 7.21. The van der Waals surface area contributed by atoms with Crippen LogP contribution in [-0.4, -0.2) is 47.3 Å². The van der Waals surface area contributed by atoms with Gasteiger partial charge in [0.25, 0.3) is 5.91 Å². The fourth-order valence-corrected chi connectivity index (χ4v) is 3.03. The van der Waals surface area contributed by atoms with Crippen LogP contribution in [0.5, 0.6) is 5.75 Å². The smallest absolute Gasteiger partial charge is 0.257 e. The van der Waals surface area contributed by atoms with Crippen molar-refractivity contribution in [2.24, 2.45) is 7.05 Å². The first-order chi connectivity index (χ1) is 11.1. The summed E-state index contributed by atoms with van der Waals surface area (Å²) in [5.41, 5.74) is 2.57. The molecule has 6 nitrogen and oxygen atoms in total. The van der Waals surface area contributed by atoms with Crippen molar-refractivity contribution < 1.29 is 9.53 Å². The van der Waals surface area contributed by atoms with Crippen LogP contribution >= 0.6 is 0 Å². The van der Waals surface area contributed by atoms with Crippen LogP contribution in [0.4, 0.5) is 0 Å². The zero-order chi connectivity index (χ0) is 16.4. The standard InChI is InChI=1S/C17H22N4O2/c1-12-14(10-19-20(12)2)17(22)21-9-8-18-11-15(21)13-6-4-5-7-16(13)23-3/h4-7,10,15,18H,8-9,11H2,1-3H3. The maximum atomic E-state index is 13.0. The number of carbonyl (C=O) groups is 1. The molecule has 1 fully saturated rings. The minimum atomic E-state index is -0.0491. The number of piperazine rings is 1. The normalized spacial score (nSPS) is 18.0. The number of hydrogen-bond acceptors (Lipinski definition) is 4. The van der Waals surface area contributed by atoms with Gasteiger partial charge in [-0.3, -0.25) is 9.48 Å². The Hall–Kier alpha value is -2.34. The molecule has 1 saturated heterocycles. The molecule has 0 radical (unpaired) electrons. The minimum absolute atomic E-state index is 0.0213. The lowest BCUT2D eigenvalue weighted by atomic mass is 10.0. The molecule has 1 amide bonds. The molecule has 0 bridgehead atoms. The van der Waals surface area contributed by atoms with E-state index in [4.69, 9.17) is 4.74 Å². The summed E-state index contributed by atoms with van der Waals surface area (Å²) in [6.07, 6.45) is 1.65. The van der Waals surface area contributed by atoms with E-state index in [1.165, 1.54) is 0 Å². The molecule has 1 aromatic carbocycles. The third-order valence-corrected chi connectivity index (χ3v) is 4.47. The van der Waals surface area contributed by atoms with E-state index in [1.54, 1.807) is 18.0 Å². The van der Waals surface area contributed by atoms with E-state index in [-0.39, 0.29) is 11.9 Å². The number of ether oxygens (including phenoxy) is 1. The first-order valence-electron chi connectivity index (χ1n) is 7.76. The summed E-state index contributed by atoms with van der Waals surface area (Å²) in [5.74, 6) is 0.829. The summed E-state index contributed by atoms with van der Waals surface area (Å²) in [6, 6.07) is 7.82. The van der Waals surface area contributed by atoms with Crippen molar-refractivity contribution in [3.05, 3.63) is 47.3 Å². The van der Waals surface area contributed by atoms with Crippen LogP contribution in [0.2, 0.25) is 0 Å². The number of amides is 1. The van der Waals surface area contributed by atoms with E-state index in [1.807, 2.05) is 43.1 Å². The highest BCUT2D eigenvalue weighted by Crippen LogP contribution is 2.31. The third-order valence-electron chi connectivity index (χ3n) is 4.47. The maximum absolute atomic E-state index is 13.0. The van der Waals surface area contributed by atoms with Gasteiger partial charge in [0.05, 0.1) is 24.9 Å².